The van der Waals surface area contributed by atoms with Crippen LogP contribution >= 0.6 is 0 Å². The Morgan fingerprint density at radius 1 is 1.36 bits per heavy atom. The second-order valence-corrected chi connectivity index (χ2v) is 3.29. The number of carbonyl (C=O) groups excluding carboxylic acids is 1. The summed E-state index contributed by atoms with van der Waals surface area (Å²) in [5.74, 6) is 0.0683. The fourth-order valence-electron chi connectivity index (χ4n) is 1.53. The van der Waals surface area contributed by atoms with E-state index in [1.807, 2.05) is 27.7 Å². The first-order valence-electron chi connectivity index (χ1n) is 4.92. The first-order chi connectivity index (χ1) is 6.61. The van der Waals surface area contributed by atoms with Gasteiger partial charge < -0.3 is 4.90 Å². The third kappa shape index (κ3) is 1.78. The summed E-state index contributed by atoms with van der Waals surface area (Å²) in [6.45, 7) is 9.15. The Morgan fingerprint density at radius 3 is 2.29 bits per heavy atom. The average Bonchev–Trinajstić information content (AvgIpc) is 2.48. The maximum absolute atomic E-state index is 12.0. The number of H-pyrrole nitrogens is 1. The molecular weight excluding hydrogens is 178 g/mol. The van der Waals surface area contributed by atoms with E-state index < -0.39 is 0 Å². The van der Waals surface area contributed by atoms with Crippen LogP contribution in [0.1, 0.15) is 35.6 Å². The summed E-state index contributed by atoms with van der Waals surface area (Å²) < 4.78 is 0. The molecule has 1 rings (SSSR count). The van der Waals surface area contributed by atoms with Gasteiger partial charge in [0.05, 0.1) is 11.3 Å². The number of hydrogen-bond acceptors (Lipinski definition) is 2. The maximum Gasteiger partial charge on any atom is 0.257 e. The van der Waals surface area contributed by atoms with Crippen molar-refractivity contribution in [1.82, 2.24) is 15.1 Å². The first-order valence-corrected chi connectivity index (χ1v) is 4.92. The van der Waals surface area contributed by atoms with E-state index >= 15 is 0 Å². The summed E-state index contributed by atoms with van der Waals surface area (Å²) in [6.07, 6.45) is 0. The predicted molar refractivity (Wildman–Crippen MR) is 55.3 cm³/mol. The molecule has 0 unspecified atom stereocenters. The number of hydrogen-bond donors (Lipinski definition) is 1. The first kappa shape index (κ1) is 10.8. The lowest BCUT2D eigenvalue weighted by Crippen LogP contribution is -2.31. The molecule has 1 amide bonds. The van der Waals surface area contributed by atoms with Crippen LogP contribution in [-0.4, -0.2) is 34.1 Å². The molecule has 0 aliphatic carbocycles. The molecule has 78 valence electrons. The Kier molecular flexibility index (Phi) is 3.28. The van der Waals surface area contributed by atoms with E-state index in [0.717, 1.165) is 24.5 Å². The minimum Gasteiger partial charge on any atom is -0.339 e. The van der Waals surface area contributed by atoms with E-state index in [1.165, 1.54) is 0 Å². The van der Waals surface area contributed by atoms with Crippen molar-refractivity contribution in [1.29, 1.82) is 0 Å². The molecule has 0 spiro atoms. The molecule has 14 heavy (non-hydrogen) atoms. The molecular formula is C10H17N3O. The van der Waals surface area contributed by atoms with E-state index in [4.69, 9.17) is 0 Å². The Balaban J connectivity index is 2.99. The average molecular weight is 195 g/mol. The summed E-state index contributed by atoms with van der Waals surface area (Å²) in [5, 5.41) is 6.84. The zero-order valence-corrected chi connectivity index (χ0v) is 9.22. The molecule has 4 nitrogen and oxygen atoms in total. The molecule has 1 aromatic heterocycles. The van der Waals surface area contributed by atoms with Crippen LogP contribution in [0, 0.1) is 13.8 Å². The second-order valence-electron chi connectivity index (χ2n) is 3.29. The van der Waals surface area contributed by atoms with Crippen LogP contribution in [0.3, 0.4) is 0 Å². The van der Waals surface area contributed by atoms with Gasteiger partial charge in [-0.05, 0) is 27.7 Å². The number of amides is 1. The van der Waals surface area contributed by atoms with E-state index in [-0.39, 0.29) is 5.91 Å². The van der Waals surface area contributed by atoms with Crippen LogP contribution in [0.4, 0.5) is 0 Å². The third-order valence-corrected chi connectivity index (χ3v) is 2.39. The van der Waals surface area contributed by atoms with Crippen molar-refractivity contribution in [3.8, 4) is 0 Å². The molecule has 0 aromatic carbocycles. The van der Waals surface area contributed by atoms with E-state index in [2.05, 4.69) is 10.2 Å². The van der Waals surface area contributed by atoms with Crippen molar-refractivity contribution in [2.75, 3.05) is 13.1 Å². The van der Waals surface area contributed by atoms with Gasteiger partial charge in [-0.3, -0.25) is 9.89 Å². The van der Waals surface area contributed by atoms with Gasteiger partial charge in [-0.2, -0.15) is 5.10 Å². The second kappa shape index (κ2) is 4.26. The Hall–Kier alpha value is -1.32. The number of nitrogens with one attached hydrogen (secondary N) is 1. The topological polar surface area (TPSA) is 49.0 Å². The fourth-order valence-corrected chi connectivity index (χ4v) is 1.53. The molecule has 0 radical (unpaired) electrons. The van der Waals surface area contributed by atoms with Crippen LogP contribution in [0.2, 0.25) is 0 Å². The zero-order chi connectivity index (χ0) is 10.7. The maximum atomic E-state index is 12.0. The molecule has 0 atom stereocenters. The summed E-state index contributed by atoms with van der Waals surface area (Å²) in [7, 11) is 0. The van der Waals surface area contributed by atoms with Crippen LogP contribution in [0.25, 0.3) is 0 Å². The zero-order valence-electron chi connectivity index (χ0n) is 9.22. The standard InChI is InChI=1S/C10H17N3O/c1-5-13(6-2)10(14)9-7(3)11-12-8(9)4/h5-6H2,1-4H3,(H,11,12). The molecule has 0 bridgehead atoms. The van der Waals surface area contributed by atoms with Crippen molar-refractivity contribution in [3.05, 3.63) is 17.0 Å². The van der Waals surface area contributed by atoms with E-state index in [1.54, 1.807) is 4.90 Å². The lowest BCUT2D eigenvalue weighted by Gasteiger charge is -2.18. The Bertz CT molecular complexity index is 307. The molecule has 4 heteroatoms. The number of carbonyl (C=O) groups is 1. The van der Waals surface area contributed by atoms with Crippen molar-refractivity contribution < 1.29 is 4.79 Å². The normalized spacial score (nSPS) is 10.3. The number of aromatic amines is 1. The van der Waals surface area contributed by atoms with Gasteiger partial charge in [-0.25, -0.2) is 0 Å². The Morgan fingerprint density at radius 2 is 1.93 bits per heavy atom. The minimum atomic E-state index is 0.0683. The Labute approximate surface area is 84.3 Å². The molecule has 0 aliphatic heterocycles. The summed E-state index contributed by atoms with van der Waals surface area (Å²) in [5.41, 5.74) is 2.34. The molecule has 1 heterocycles. The molecule has 0 aliphatic rings. The van der Waals surface area contributed by atoms with Crippen LogP contribution < -0.4 is 0 Å². The van der Waals surface area contributed by atoms with Gasteiger partial charge in [-0.15, -0.1) is 0 Å². The summed E-state index contributed by atoms with van der Waals surface area (Å²) in [4.78, 5) is 13.8. The quantitative estimate of drug-likeness (QED) is 0.794. The SMILES string of the molecule is CCN(CC)C(=O)c1c(C)n[nH]c1C. The molecule has 1 N–H and O–H groups in total. The van der Waals surface area contributed by atoms with E-state index in [9.17, 15) is 4.79 Å². The van der Waals surface area contributed by atoms with Gasteiger partial charge in [0.15, 0.2) is 0 Å². The molecule has 0 fully saturated rings. The number of rotatable bonds is 3. The van der Waals surface area contributed by atoms with Crippen LogP contribution in [0.15, 0.2) is 0 Å². The molecule has 0 saturated heterocycles. The lowest BCUT2D eigenvalue weighted by atomic mass is 10.1. The number of nitrogens with zero attached hydrogens (tertiary/aromatic N) is 2. The smallest absolute Gasteiger partial charge is 0.257 e. The number of aryl methyl sites for hydroxylation is 2. The van der Waals surface area contributed by atoms with Crippen LogP contribution in [-0.2, 0) is 0 Å². The van der Waals surface area contributed by atoms with Crippen molar-refractivity contribution in [3.63, 3.8) is 0 Å². The predicted octanol–water partition coefficient (Wildman–Crippen LogP) is 1.51. The lowest BCUT2D eigenvalue weighted by molar-refractivity contribution is 0.0771. The monoisotopic (exact) mass is 195 g/mol. The van der Waals surface area contributed by atoms with Gasteiger partial charge in [0.25, 0.3) is 5.91 Å². The van der Waals surface area contributed by atoms with Crippen LogP contribution in [0.5, 0.6) is 0 Å². The van der Waals surface area contributed by atoms with Gasteiger partial charge in [0, 0.05) is 18.8 Å². The highest BCUT2D eigenvalue weighted by atomic mass is 16.2. The van der Waals surface area contributed by atoms with E-state index in [0.29, 0.717) is 5.56 Å². The highest BCUT2D eigenvalue weighted by molar-refractivity contribution is 5.96. The van der Waals surface area contributed by atoms with Gasteiger partial charge >= 0.3 is 0 Å². The molecule has 0 saturated carbocycles. The third-order valence-electron chi connectivity index (χ3n) is 2.39. The van der Waals surface area contributed by atoms with Gasteiger partial charge in [-0.1, -0.05) is 0 Å². The van der Waals surface area contributed by atoms with Gasteiger partial charge in [0.2, 0.25) is 0 Å². The number of aromatic nitrogens is 2. The van der Waals surface area contributed by atoms with Gasteiger partial charge in [0.1, 0.15) is 0 Å². The summed E-state index contributed by atoms with van der Waals surface area (Å²) >= 11 is 0. The van der Waals surface area contributed by atoms with Crippen molar-refractivity contribution >= 4 is 5.91 Å². The fraction of sp³-hybridized carbons (Fsp3) is 0.600. The summed E-state index contributed by atoms with van der Waals surface area (Å²) in [6, 6.07) is 0. The molecule has 1 aromatic rings. The highest BCUT2D eigenvalue weighted by Gasteiger charge is 2.19. The van der Waals surface area contributed by atoms with Crippen molar-refractivity contribution in [2.45, 2.75) is 27.7 Å². The highest BCUT2D eigenvalue weighted by Crippen LogP contribution is 2.12. The van der Waals surface area contributed by atoms with Crippen molar-refractivity contribution in [2.24, 2.45) is 0 Å². The largest absolute Gasteiger partial charge is 0.339 e. The minimum absolute atomic E-state index is 0.0683.